The average Bonchev–Trinajstić information content (AvgIpc) is 2.81. The number of nitrogens with zero attached hydrogens (tertiary/aromatic N) is 1. The van der Waals surface area contributed by atoms with Crippen LogP contribution in [0.2, 0.25) is 0 Å². The number of rotatable bonds is 4. The molecule has 0 aliphatic heterocycles. The van der Waals surface area contributed by atoms with E-state index in [1.807, 2.05) is 27.7 Å². The van der Waals surface area contributed by atoms with Crippen molar-refractivity contribution in [1.29, 1.82) is 0 Å². The van der Waals surface area contributed by atoms with Crippen molar-refractivity contribution >= 4 is 11.6 Å². The van der Waals surface area contributed by atoms with Gasteiger partial charge in [-0.05, 0) is 31.2 Å². The van der Waals surface area contributed by atoms with Crippen molar-refractivity contribution in [2.24, 2.45) is 0 Å². The zero-order chi connectivity index (χ0) is 16.3. The monoisotopic (exact) mass is 302 g/mol. The number of carbonyl (C=O) groups is 1. The van der Waals surface area contributed by atoms with Crippen LogP contribution in [0.4, 0.5) is 5.69 Å². The lowest BCUT2D eigenvalue weighted by Crippen LogP contribution is -2.14. The first-order valence-electron chi connectivity index (χ1n) is 7.20. The number of aromatic nitrogens is 1. The summed E-state index contributed by atoms with van der Waals surface area (Å²) in [5.74, 6) is 1.87. The summed E-state index contributed by atoms with van der Waals surface area (Å²) >= 11 is 0. The van der Waals surface area contributed by atoms with Crippen molar-refractivity contribution in [2.75, 3.05) is 12.4 Å². The normalized spacial score (nSPS) is 11.3. The van der Waals surface area contributed by atoms with Crippen LogP contribution in [0.25, 0.3) is 0 Å². The number of benzene rings is 1. The molecule has 5 nitrogen and oxygen atoms in total. The maximum absolute atomic E-state index is 12.1. The number of carbonyl (C=O) groups excluding carboxylic acids is 1. The van der Waals surface area contributed by atoms with Crippen LogP contribution in [0.5, 0.6) is 5.75 Å². The molecule has 2 rings (SSSR count). The Hall–Kier alpha value is -2.30. The molecule has 1 N–H and O–H groups in total. The number of anilines is 1. The van der Waals surface area contributed by atoms with Crippen molar-refractivity contribution in [2.45, 2.75) is 39.5 Å². The third-order valence-corrected chi connectivity index (χ3v) is 3.23. The van der Waals surface area contributed by atoms with Gasteiger partial charge in [-0.15, -0.1) is 0 Å². The molecule has 0 aliphatic rings. The van der Waals surface area contributed by atoms with Crippen molar-refractivity contribution in [3.63, 3.8) is 0 Å². The zero-order valence-electron chi connectivity index (χ0n) is 13.7. The summed E-state index contributed by atoms with van der Waals surface area (Å²) < 4.78 is 10.8. The van der Waals surface area contributed by atoms with Crippen LogP contribution in [0.1, 0.15) is 38.1 Å². The predicted molar refractivity (Wildman–Crippen MR) is 85.3 cm³/mol. The fourth-order valence-corrected chi connectivity index (χ4v) is 1.94. The summed E-state index contributed by atoms with van der Waals surface area (Å²) in [6.45, 7) is 7.94. The third-order valence-electron chi connectivity index (χ3n) is 3.23. The van der Waals surface area contributed by atoms with Gasteiger partial charge >= 0.3 is 0 Å². The van der Waals surface area contributed by atoms with Gasteiger partial charge in [-0.2, -0.15) is 0 Å². The van der Waals surface area contributed by atoms with Gasteiger partial charge in [0.25, 0.3) is 0 Å². The Balaban J connectivity index is 2.04. The molecule has 0 saturated heterocycles. The molecule has 1 heterocycles. The second-order valence-corrected chi connectivity index (χ2v) is 6.23. The lowest BCUT2D eigenvalue weighted by atomic mass is 9.97. The fourth-order valence-electron chi connectivity index (χ4n) is 1.94. The third kappa shape index (κ3) is 3.87. The Labute approximate surface area is 130 Å². The standard InChI is InChI=1S/C17H22N2O3/c1-11-14(22-16(18-11)17(2,3)4)10-15(20)19-12-6-8-13(21-5)9-7-12/h6-9H,10H2,1-5H3,(H,19,20). The second kappa shape index (κ2) is 6.22. The first-order valence-corrected chi connectivity index (χ1v) is 7.20. The van der Waals surface area contributed by atoms with E-state index >= 15 is 0 Å². The molecule has 1 aromatic heterocycles. The molecule has 5 heteroatoms. The van der Waals surface area contributed by atoms with E-state index in [4.69, 9.17) is 9.15 Å². The number of amides is 1. The molecule has 1 aromatic carbocycles. The molecule has 0 fully saturated rings. The molecule has 0 radical (unpaired) electrons. The van der Waals surface area contributed by atoms with Crippen LogP contribution < -0.4 is 10.1 Å². The maximum atomic E-state index is 12.1. The summed E-state index contributed by atoms with van der Waals surface area (Å²) in [5, 5.41) is 2.83. The number of hydrogen-bond acceptors (Lipinski definition) is 4. The molecule has 0 spiro atoms. The summed E-state index contributed by atoms with van der Waals surface area (Å²) in [5.41, 5.74) is 1.31. The van der Waals surface area contributed by atoms with Crippen molar-refractivity contribution in [3.8, 4) is 5.75 Å². The van der Waals surface area contributed by atoms with Crippen molar-refractivity contribution in [1.82, 2.24) is 4.98 Å². The Morgan fingerprint density at radius 2 is 1.91 bits per heavy atom. The molecular formula is C17H22N2O3. The number of oxazole rings is 1. The first kappa shape index (κ1) is 16.1. The van der Waals surface area contributed by atoms with Crippen molar-refractivity contribution < 1.29 is 13.9 Å². The molecule has 0 saturated carbocycles. The SMILES string of the molecule is COc1ccc(NC(=O)Cc2oc(C(C)(C)C)nc2C)cc1. The van der Waals surface area contributed by atoms with Gasteiger partial charge in [0.2, 0.25) is 5.91 Å². The van der Waals surface area contributed by atoms with E-state index in [0.717, 1.165) is 17.1 Å². The highest BCUT2D eigenvalue weighted by atomic mass is 16.5. The summed E-state index contributed by atoms with van der Waals surface area (Å²) in [6, 6.07) is 7.19. The molecule has 1 amide bonds. The summed E-state index contributed by atoms with van der Waals surface area (Å²) in [4.78, 5) is 16.5. The minimum Gasteiger partial charge on any atom is -0.497 e. The van der Waals surface area contributed by atoms with Gasteiger partial charge in [-0.1, -0.05) is 20.8 Å². The topological polar surface area (TPSA) is 64.4 Å². The van der Waals surface area contributed by atoms with Crippen LogP contribution >= 0.6 is 0 Å². The van der Waals surface area contributed by atoms with Crippen LogP contribution in [0, 0.1) is 6.92 Å². The highest BCUT2D eigenvalue weighted by Crippen LogP contribution is 2.24. The molecule has 0 unspecified atom stereocenters. The van der Waals surface area contributed by atoms with E-state index in [1.165, 1.54) is 0 Å². The van der Waals surface area contributed by atoms with E-state index < -0.39 is 0 Å². The van der Waals surface area contributed by atoms with Crippen molar-refractivity contribution in [3.05, 3.63) is 41.6 Å². The Bertz CT molecular complexity index is 652. The highest BCUT2D eigenvalue weighted by molar-refractivity contribution is 5.92. The lowest BCUT2D eigenvalue weighted by Gasteiger charge is -2.12. The smallest absolute Gasteiger partial charge is 0.232 e. The predicted octanol–water partition coefficient (Wildman–Crippen LogP) is 3.47. The Morgan fingerprint density at radius 3 is 2.41 bits per heavy atom. The van der Waals surface area contributed by atoms with E-state index in [2.05, 4.69) is 10.3 Å². The maximum Gasteiger partial charge on any atom is 0.232 e. The number of aryl methyl sites for hydroxylation is 1. The Kier molecular flexibility index (Phi) is 4.54. The lowest BCUT2D eigenvalue weighted by molar-refractivity contribution is -0.115. The molecule has 2 aromatic rings. The number of methoxy groups -OCH3 is 1. The van der Waals surface area contributed by atoms with Crippen LogP contribution in [0.15, 0.2) is 28.7 Å². The van der Waals surface area contributed by atoms with E-state index in [-0.39, 0.29) is 17.7 Å². The molecule has 0 aliphatic carbocycles. The van der Waals surface area contributed by atoms with Gasteiger partial charge in [-0.3, -0.25) is 4.79 Å². The zero-order valence-corrected chi connectivity index (χ0v) is 13.7. The number of hydrogen-bond donors (Lipinski definition) is 1. The second-order valence-electron chi connectivity index (χ2n) is 6.23. The van der Waals surface area contributed by atoms with Gasteiger partial charge in [0.1, 0.15) is 11.5 Å². The first-order chi connectivity index (χ1) is 10.3. The molecule has 0 bridgehead atoms. The minimum atomic E-state index is -0.171. The summed E-state index contributed by atoms with van der Waals surface area (Å²) in [7, 11) is 1.60. The van der Waals surface area contributed by atoms with E-state index in [9.17, 15) is 4.79 Å². The van der Waals surface area contributed by atoms with Crippen LogP contribution in [-0.4, -0.2) is 18.0 Å². The van der Waals surface area contributed by atoms with E-state index in [1.54, 1.807) is 31.4 Å². The van der Waals surface area contributed by atoms with E-state index in [0.29, 0.717) is 11.7 Å². The van der Waals surface area contributed by atoms with Crippen LogP contribution in [-0.2, 0) is 16.6 Å². The minimum absolute atomic E-state index is 0.134. The molecule has 22 heavy (non-hydrogen) atoms. The van der Waals surface area contributed by atoms with Gasteiger partial charge in [0, 0.05) is 11.1 Å². The van der Waals surface area contributed by atoms with Gasteiger partial charge < -0.3 is 14.5 Å². The molecular weight excluding hydrogens is 280 g/mol. The largest absolute Gasteiger partial charge is 0.497 e. The molecule has 118 valence electrons. The number of ether oxygens (including phenoxy) is 1. The fraction of sp³-hybridized carbons (Fsp3) is 0.412. The van der Waals surface area contributed by atoms with Crippen LogP contribution in [0.3, 0.4) is 0 Å². The Morgan fingerprint density at radius 1 is 1.27 bits per heavy atom. The quantitative estimate of drug-likeness (QED) is 0.939. The van der Waals surface area contributed by atoms with Gasteiger partial charge in [-0.25, -0.2) is 4.98 Å². The molecule has 0 atom stereocenters. The van der Waals surface area contributed by atoms with Gasteiger partial charge in [0.15, 0.2) is 5.89 Å². The highest BCUT2D eigenvalue weighted by Gasteiger charge is 2.23. The average molecular weight is 302 g/mol. The number of nitrogens with one attached hydrogen (secondary N) is 1. The summed E-state index contributed by atoms with van der Waals surface area (Å²) in [6.07, 6.45) is 0.168. The van der Waals surface area contributed by atoms with Gasteiger partial charge in [0.05, 0.1) is 19.2 Å².